The predicted octanol–water partition coefficient (Wildman–Crippen LogP) is -3.15. The van der Waals surface area contributed by atoms with Gasteiger partial charge in [0.05, 0.1) is 13.8 Å². The molecule has 1 aliphatic heterocycles. The van der Waals surface area contributed by atoms with E-state index in [2.05, 4.69) is 4.81 Å². The quantitative estimate of drug-likeness (QED) is 0.497. The monoisotopic (exact) mass is 222 g/mol. The van der Waals surface area contributed by atoms with Gasteiger partial charge < -0.3 is 14.7 Å². The van der Waals surface area contributed by atoms with Crippen LogP contribution in [0.1, 0.15) is 13.3 Å². The van der Waals surface area contributed by atoms with E-state index in [4.69, 9.17) is 5.11 Å². The largest absolute Gasteiger partial charge is 0.480 e. The van der Waals surface area contributed by atoms with Gasteiger partial charge >= 0.3 is 5.97 Å². The number of carbonyl (C=O) groups is 2. The molecule has 1 fully saturated rings. The van der Waals surface area contributed by atoms with Crippen molar-refractivity contribution in [2.45, 2.75) is 25.4 Å². The Morgan fingerprint density at radius 3 is 2.62 bits per heavy atom. The number of carboxylic acid groups (broad SMARTS) is 1. The van der Waals surface area contributed by atoms with Gasteiger partial charge in [-0.05, 0) is 13.3 Å². The van der Waals surface area contributed by atoms with Crippen LogP contribution in [0.25, 0.3) is 0 Å². The molecule has 1 heterocycles. The Labute approximate surface area is 98.2 Å². The van der Waals surface area contributed by atoms with Crippen LogP contribution in [-0.2, 0) is 9.59 Å². The molecule has 0 spiro atoms. The van der Waals surface area contributed by atoms with Crippen molar-refractivity contribution in [1.29, 1.82) is 0 Å². The summed E-state index contributed by atoms with van der Waals surface area (Å²) in [5, 5.41) is 9.01. The third-order valence-electron chi connectivity index (χ3n) is 3.16. The average molecular weight is 222 g/mol. The van der Waals surface area contributed by atoms with Crippen molar-refractivity contribution < 1.29 is 14.7 Å². The molecule has 0 radical (unpaired) electrons. The summed E-state index contributed by atoms with van der Waals surface area (Å²) in [5.41, 5.74) is 0. The van der Waals surface area contributed by atoms with Gasteiger partial charge in [0, 0.05) is 19.1 Å². The summed E-state index contributed by atoms with van der Waals surface area (Å²) >= 11 is 0. The van der Waals surface area contributed by atoms with Crippen LogP contribution < -0.4 is 0 Å². The lowest BCUT2D eigenvalue weighted by Crippen LogP contribution is -2.42. The third kappa shape index (κ3) is 3.12. The van der Waals surface area contributed by atoms with Gasteiger partial charge in [-0.3, -0.25) is 9.59 Å². The molecule has 1 rings (SSSR count). The minimum Gasteiger partial charge on any atom is -0.480 e. The zero-order valence-electron chi connectivity index (χ0n) is 10.1. The normalized spacial score (nSPS) is 25.9. The van der Waals surface area contributed by atoms with Crippen LogP contribution in [0.15, 0.2) is 0 Å². The highest BCUT2D eigenvalue weighted by atomic mass is 16.4. The minimum atomic E-state index is -0.774. The molecule has 86 valence electrons. The predicted molar refractivity (Wildman–Crippen MR) is 68.2 cm³/mol. The van der Waals surface area contributed by atoms with Gasteiger partial charge in [-0.25, -0.2) is 0 Å². The van der Waals surface area contributed by atoms with E-state index < -0.39 is 12.0 Å². The number of aliphatic carboxylic acids is 1. The van der Waals surface area contributed by atoms with Crippen LogP contribution in [0.3, 0.4) is 0 Å². The van der Waals surface area contributed by atoms with Crippen LogP contribution in [-0.4, -0.2) is 74.7 Å². The zero-order valence-corrected chi connectivity index (χ0v) is 10.1. The lowest BCUT2D eigenvalue weighted by molar-refractivity contribution is -0.140. The summed E-state index contributed by atoms with van der Waals surface area (Å²) in [6, 6.07) is -0.231. The number of nitrogens with zero attached hydrogens (tertiary/aromatic N) is 2. The van der Waals surface area contributed by atoms with Crippen molar-refractivity contribution >= 4 is 34.8 Å². The van der Waals surface area contributed by atoms with E-state index in [0.717, 1.165) is 13.8 Å². The maximum atomic E-state index is 11.1. The van der Waals surface area contributed by atoms with Crippen molar-refractivity contribution in [1.82, 2.24) is 9.62 Å². The average Bonchev–Trinajstić information content (AvgIpc) is 2.56. The summed E-state index contributed by atoms with van der Waals surface area (Å²) in [6.45, 7) is 2.70. The highest BCUT2D eigenvalue weighted by molar-refractivity contribution is 6.87. The van der Waals surface area contributed by atoms with E-state index in [-0.39, 0.29) is 11.8 Å². The first-order chi connectivity index (χ1) is 7.45. The number of carbonyl (C=O) groups excluding carboxylic acids is 1. The molecule has 0 amide bonds. The number of ketones is 1. The molecular formula is C8H17B3N2O3. The van der Waals surface area contributed by atoms with Gasteiger partial charge in [0.25, 0.3) is 0 Å². The summed E-state index contributed by atoms with van der Waals surface area (Å²) < 4.78 is 0. The standard InChI is InChI=1S/C8H17B3N2O3/c1-5(14)3-13(11-9)6-2-7(8(15)16)12(10)4-6/h6-7,11H,2-4,9-10H2,1H3,(H,15,16). The SMILES string of the molecule is BBN(CC(C)=O)C1CC(C(=O)O)N(B)C1. The fraction of sp³-hybridized carbons (Fsp3) is 0.750. The summed E-state index contributed by atoms with van der Waals surface area (Å²) in [6.07, 6.45) is 0.604. The number of Topliss-reactive ketones (excluding diaryl/α,β-unsaturated/α-hetero) is 1. The minimum absolute atomic E-state index is 0.128. The maximum Gasteiger partial charge on any atom is 0.319 e. The second-order valence-corrected chi connectivity index (χ2v) is 4.45. The molecule has 0 aromatic carbocycles. The van der Waals surface area contributed by atoms with E-state index in [9.17, 15) is 9.59 Å². The lowest BCUT2D eigenvalue weighted by Gasteiger charge is -2.26. The lowest BCUT2D eigenvalue weighted by atomic mass is 9.64. The summed E-state index contributed by atoms with van der Waals surface area (Å²) in [4.78, 5) is 26.0. The molecule has 16 heavy (non-hydrogen) atoms. The molecular weight excluding hydrogens is 205 g/mol. The molecule has 2 atom stereocenters. The summed E-state index contributed by atoms with van der Waals surface area (Å²) in [5.74, 6) is -0.646. The van der Waals surface area contributed by atoms with Crippen LogP contribution in [0, 0.1) is 0 Å². The van der Waals surface area contributed by atoms with Gasteiger partial charge in [-0.15, -0.1) is 0 Å². The molecule has 0 aliphatic carbocycles. The first-order valence-corrected chi connectivity index (χ1v) is 5.62. The molecule has 0 aromatic rings. The first kappa shape index (κ1) is 13.3. The maximum absolute atomic E-state index is 11.1. The van der Waals surface area contributed by atoms with E-state index in [0.29, 0.717) is 13.0 Å². The first-order valence-electron chi connectivity index (χ1n) is 5.62. The van der Waals surface area contributed by atoms with E-state index in [1.165, 1.54) is 0 Å². The Bertz CT molecular complexity index is 290. The molecule has 0 aromatic heterocycles. The third-order valence-corrected chi connectivity index (χ3v) is 3.16. The molecule has 1 aliphatic rings. The summed E-state index contributed by atoms with van der Waals surface area (Å²) in [7, 11) is 4.60. The van der Waals surface area contributed by atoms with Gasteiger partial charge in [0.15, 0.2) is 15.3 Å². The van der Waals surface area contributed by atoms with Crippen LogP contribution in [0.2, 0.25) is 0 Å². The van der Waals surface area contributed by atoms with Gasteiger partial charge in [-0.2, -0.15) is 0 Å². The Morgan fingerprint density at radius 2 is 2.25 bits per heavy atom. The van der Waals surface area contributed by atoms with Crippen molar-refractivity contribution in [3.05, 3.63) is 0 Å². The smallest absolute Gasteiger partial charge is 0.319 e. The zero-order chi connectivity index (χ0) is 12.3. The van der Waals surface area contributed by atoms with Gasteiger partial charge in [0.2, 0.25) is 0 Å². The molecule has 8 heteroatoms. The van der Waals surface area contributed by atoms with Gasteiger partial charge in [-0.1, -0.05) is 0 Å². The van der Waals surface area contributed by atoms with Crippen LogP contribution in [0.4, 0.5) is 0 Å². The fourth-order valence-corrected chi connectivity index (χ4v) is 2.31. The highest BCUT2D eigenvalue weighted by Crippen LogP contribution is 2.19. The Balaban J connectivity index is 2.61. The Morgan fingerprint density at radius 1 is 1.62 bits per heavy atom. The molecule has 0 saturated carbocycles. The second-order valence-electron chi connectivity index (χ2n) is 4.45. The van der Waals surface area contributed by atoms with E-state index in [1.54, 1.807) is 6.92 Å². The number of hydrogen-bond acceptors (Lipinski definition) is 4. The Kier molecular flexibility index (Phi) is 4.62. The van der Waals surface area contributed by atoms with Crippen LogP contribution in [0.5, 0.6) is 0 Å². The van der Waals surface area contributed by atoms with E-state index >= 15 is 0 Å². The van der Waals surface area contributed by atoms with Crippen molar-refractivity contribution in [3.8, 4) is 0 Å². The number of hydrogen-bond donors (Lipinski definition) is 1. The van der Waals surface area contributed by atoms with Crippen LogP contribution >= 0.6 is 0 Å². The van der Waals surface area contributed by atoms with Crippen molar-refractivity contribution in [2.75, 3.05) is 13.1 Å². The molecule has 1 saturated heterocycles. The number of carboxylic acids is 1. The van der Waals surface area contributed by atoms with E-state index in [1.807, 2.05) is 20.5 Å². The molecule has 5 nitrogen and oxygen atoms in total. The topological polar surface area (TPSA) is 60.9 Å². The van der Waals surface area contributed by atoms with Crippen molar-refractivity contribution in [2.24, 2.45) is 0 Å². The molecule has 1 N–H and O–H groups in total. The Hall–Kier alpha value is -0.745. The second kappa shape index (κ2) is 5.54. The van der Waals surface area contributed by atoms with Gasteiger partial charge in [0.1, 0.15) is 5.78 Å². The number of rotatable bonds is 5. The molecule has 0 bridgehead atoms. The molecule has 2 unspecified atom stereocenters. The highest BCUT2D eigenvalue weighted by Gasteiger charge is 2.36. The fourth-order valence-electron chi connectivity index (χ4n) is 2.31. The van der Waals surface area contributed by atoms with Crippen molar-refractivity contribution in [3.63, 3.8) is 0 Å².